The van der Waals surface area contributed by atoms with Gasteiger partial charge in [-0.05, 0) is 67.5 Å². The van der Waals surface area contributed by atoms with Gasteiger partial charge in [-0.25, -0.2) is 9.97 Å². The molecular formula is C46H66N14O6. The highest BCUT2D eigenvalue weighted by atomic mass is 16.3. The van der Waals surface area contributed by atoms with Crippen LogP contribution in [0, 0.1) is 17.8 Å². The lowest BCUT2D eigenvalue weighted by molar-refractivity contribution is -0.140. The van der Waals surface area contributed by atoms with Gasteiger partial charge in [0.05, 0.1) is 23.6 Å². The van der Waals surface area contributed by atoms with E-state index in [1.54, 1.807) is 13.8 Å². The Morgan fingerprint density at radius 2 is 1.58 bits per heavy atom. The van der Waals surface area contributed by atoms with E-state index in [-0.39, 0.29) is 44.2 Å². The number of carbonyl (C=O) groups excluding carboxylic acids is 5. The number of fused-ring (bicyclic) bond motifs is 3. The molecule has 0 bridgehead atoms. The van der Waals surface area contributed by atoms with E-state index in [9.17, 15) is 29.1 Å². The normalized spacial score (nSPS) is 13.0. The third-order valence-corrected chi connectivity index (χ3v) is 10.9. The molecule has 4 aromatic rings. The Morgan fingerprint density at radius 1 is 0.848 bits per heavy atom. The minimum absolute atomic E-state index is 0.0137. The highest BCUT2D eigenvalue weighted by Gasteiger charge is 2.37. The van der Waals surface area contributed by atoms with E-state index in [1.807, 2.05) is 56.3 Å². The molecule has 0 spiro atoms. The molecule has 20 nitrogen and oxygen atoms in total. The number of hydrazine groups is 1. The lowest BCUT2D eigenvalue weighted by Crippen LogP contribution is -2.58. The highest BCUT2D eigenvalue weighted by Crippen LogP contribution is 2.31. The molecule has 2 heterocycles. The molecule has 0 aliphatic rings. The van der Waals surface area contributed by atoms with Crippen molar-refractivity contribution in [1.29, 1.82) is 0 Å². The molecule has 2 aromatic heterocycles. The number of amides is 4. The lowest BCUT2D eigenvalue weighted by atomic mass is 9.88. The standard InChI is InChI=1S/C46H66N14O6/c1-6-7-21-36-55-39-40(60(36)26-30-16-9-8-10-17-30)31-18-11-12-19-33(31)53-42(39)57-58-44(65)34(20-15-23-50-46(47)48)54-45(66)38(29(4)5)56-43(64)32(25-28(2)3)41(63)35(27-61)52-37(62)22-13-14-24-51-59-49/h8-12,16-19,28-29,32,34-35,38,61H,6-7,13-15,20-27H2,1-5H3,(H,52,62)(H,53,57)(H,54,66)(H,56,64)(H,58,65)(H4,47,48,50). The van der Waals surface area contributed by atoms with Crippen molar-refractivity contribution in [3.05, 3.63) is 76.4 Å². The summed E-state index contributed by atoms with van der Waals surface area (Å²) in [6.07, 6.45) is 3.92. The zero-order valence-electron chi connectivity index (χ0n) is 38.6. The molecule has 0 aliphatic carbocycles. The van der Waals surface area contributed by atoms with Crippen molar-refractivity contribution in [3.63, 3.8) is 0 Å². The van der Waals surface area contributed by atoms with Gasteiger partial charge in [0.2, 0.25) is 17.7 Å². The molecule has 4 rings (SSSR count). The minimum Gasteiger partial charge on any atom is -0.394 e. The highest BCUT2D eigenvalue weighted by molar-refractivity contribution is 6.08. The Kier molecular flexibility index (Phi) is 20.6. The van der Waals surface area contributed by atoms with E-state index in [0.29, 0.717) is 42.7 Å². The summed E-state index contributed by atoms with van der Waals surface area (Å²) in [6, 6.07) is 14.1. The largest absolute Gasteiger partial charge is 0.394 e. The van der Waals surface area contributed by atoms with Crippen LogP contribution in [0.25, 0.3) is 32.4 Å². The predicted molar refractivity (Wildman–Crippen MR) is 254 cm³/mol. The van der Waals surface area contributed by atoms with Gasteiger partial charge in [0, 0.05) is 42.8 Å². The molecule has 0 aliphatic heterocycles. The molecule has 0 radical (unpaired) electrons. The first-order valence-corrected chi connectivity index (χ1v) is 22.7. The number of aliphatic imine (C=N–C) groups is 1. The number of guanidine groups is 1. The number of nitrogens with two attached hydrogens (primary N) is 2. The average Bonchev–Trinajstić information content (AvgIpc) is 3.65. The molecule has 356 valence electrons. The molecule has 4 unspecified atom stereocenters. The van der Waals surface area contributed by atoms with Crippen LogP contribution in [0.2, 0.25) is 0 Å². The van der Waals surface area contributed by atoms with Crippen LogP contribution in [-0.4, -0.2) is 92.8 Å². The number of aryl methyl sites for hydroxylation is 1. The molecular weight excluding hydrogens is 845 g/mol. The molecule has 4 atom stereocenters. The van der Waals surface area contributed by atoms with Gasteiger partial charge in [0.1, 0.15) is 29.5 Å². The van der Waals surface area contributed by atoms with Crippen LogP contribution in [0.1, 0.15) is 97.4 Å². The van der Waals surface area contributed by atoms with Gasteiger partial charge in [-0.1, -0.05) is 94.7 Å². The van der Waals surface area contributed by atoms with Crippen LogP contribution < -0.4 is 38.3 Å². The fourth-order valence-electron chi connectivity index (χ4n) is 7.51. The number of imidazole rings is 1. The first-order chi connectivity index (χ1) is 31.7. The number of rotatable bonds is 28. The van der Waals surface area contributed by atoms with Crippen LogP contribution in [0.15, 0.2) is 64.7 Å². The van der Waals surface area contributed by atoms with E-state index >= 15 is 0 Å². The topological polar surface area (TPSA) is 310 Å². The number of nitrogens with one attached hydrogen (secondary N) is 5. The van der Waals surface area contributed by atoms with Gasteiger partial charge in [0.15, 0.2) is 17.6 Å². The van der Waals surface area contributed by atoms with Crippen LogP contribution in [0.3, 0.4) is 0 Å². The number of hydrogen-bond donors (Lipinski definition) is 8. The number of nitrogens with zero attached hydrogens (tertiary/aromatic N) is 7. The first kappa shape index (κ1) is 51.8. The van der Waals surface area contributed by atoms with E-state index < -0.39 is 66.0 Å². The van der Waals surface area contributed by atoms with E-state index in [0.717, 1.165) is 41.6 Å². The summed E-state index contributed by atoms with van der Waals surface area (Å²) in [6.45, 7) is 9.37. The number of hydrogen-bond acceptors (Lipinski definition) is 11. The van der Waals surface area contributed by atoms with Crippen molar-refractivity contribution >= 4 is 63.1 Å². The van der Waals surface area contributed by atoms with Gasteiger partial charge >= 0.3 is 0 Å². The number of carbonyl (C=O) groups is 5. The molecule has 20 heteroatoms. The summed E-state index contributed by atoms with van der Waals surface area (Å²) in [5.41, 5.74) is 28.5. The molecule has 0 fully saturated rings. The zero-order valence-corrected chi connectivity index (χ0v) is 38.6. The molecule has 0 saturated heterocycles. The number of azide groups is 1. The fourth-order valence-corrected chi connectivity index (χ4v) is 7.51. The van der Waals surface area contributed by atoms with Crippen LogP contribution >= 0.6 is 0 Å². The van der Waals surface area contributed by atoms with Gasteiger partial charge in [-0.15, -0.1) is 0 Å². The summed E-state index contributed by atoms with van der Waals surface area (Å²) >= 11 is 0. The lowest BCUT2D eigenvalue weighted by Gasteiger charge is -2.28. The predicted octanol–water partition coefficient (Wildman–Crippen LogP) is 4.29. The second kappa shape index (κ2) is 26.2. The molecule has 0 saturated carbocycles. The van der Waals surface area contributed by atoms with Crippen molar-refractivity contribution in [2.45, 2.75) is 117 Å². The second-order valence-corrected chi connectivity index (χ2v) is 17.0. The third-order valence-electron chi connectivity index (χ3n) is 10.9. The molecule has 10 N–H and O–H groups in total. The monoisotopic (exact) mass is 911 g/mol. The summed E-state index contributed by atoms with van der Waals surface area (Å²) in [4.78, 5) is 85.3. The molecule has 66 heavy (non-hydrogen) atoms. The SMILES string of the molecule is CCCCc1nc2c(NNC(=O)C(CCCN=C(N)N)NC(=O)C(NC(=O)C(CC(C)C)C(=O)C(CO)NC(=O)CCCCN=[N+]=[N-])C(C)C)nc3ccccc3c2n1Cc1ccccc1. The number of Topliss-reactive ketones (excluding diaryl/α,β-unsaturated/α-hetero) is 1. The Bertz CT molecular complexity index is 2340. The quantitative estimate of drug-likeness (QED) is 0.00581. The molecule has 2 aromatic carbocycles. The van der Waals surface area contributed by atoms with Crippen LogP contribution in [-0.2, 0) is 36.9 Å². The number of benzene rings is 2. The second-order valence-electron chi connectivity index (χ2n) is 17.0. The van der Waals surface area contributed by atoms with Crippen LogP contribution in [0.4, 0.5) is 5.82 Å². The Morgan fingerprint density at radius 3 is 2.24 bits per heavy atom. The number of pyridine rings is 1. The van der Waals surface area contributed by atoms with Gasteiger partial charge < -0.3 is 37.1 Å². The van der Waals surface area contributed by atoms with Gasteiger partial charge in [-0.2, -0.15) is 0 Å². The summed E-state index contributed by atoms with van der Waals surface area (Å²) in [5, 5.41) is 22.5. The van der Waals surface area contributed by atoms with Crippen molar-refractivity contribution < 1.29 is 29.1 Å². The van der Waals surface area contributed by atoms with Gasteiger partial charge in [-0.3, -0.25) is 39.8 Å². The van der Waals surface area contributed by atoms with Crippen molar-refractivity contribution in [1.82, 2.24) is 35.9 Å². The summed E-state index contributed by atoms with van der Waals surface area (Å²) in [7, 11) is 0. The minimum atomic E-state index is -1.37. The Hall–Kier alpha value is -6.79. The Balaban J connectivity index is 1.58. The fraction of sp³-hybridized carbons (Fsp3) is 0.522. The number of para-hydroxylation sites is 1. The maximum absolute atomic E-state index is 14.1. The zero-order chi connectivity index (χ0) is 48.2. The first-order valence-electron chi connectivity index (χ1n) is 22.7. The number of aliphatic hydroxyl groups excluding tert-OH is 1. The smallest absolute Gasteiger partial charge is 0.260 e. The third kappa shape index (κ3) is 15.2. The van der Waals surface area contributed by atoms with E-state index in [2.05, 4.69) is 65.4 Å². The maximum Gasteiger partial charge on any atom is 0.260 e. The van der Waals surface area contributed by atoms with E-state index in [1.165, 1.54) is 0 Å². The number of anilines is 1. The van der Waals surface area contributed by atoms with Crippen molar-refractivity contribution in [2.24, 2.45) is 39.3 Å². The van der Waals surface area contributed by atoms with Crippen LogP contribution in [0.5, 0.6) is 0 Å². The summed E-state index contributed by atoms with van der Waals surface area (Å²) in [5.74, 6) is -4.23. The number of aromatic nitrogens is 3. The van der Waals surface area contributed by atoms with E-state index in [4.69, 9.17) is 27.0 Å². The molecule has 4 amide bonds. The maximum atomic E-state index is 14.1. The Labute approximate surface area is 385 Å². The number of aliphatic hydroxyl groups is 1. The number of ketones is 1. The average molecular weight is 911 g/mol. The number of unbranched alkanes of at least 4 members (excludes halogenated alkanes) is 2. The van der Waals surface area contributed by atoms with Crippen molar-refractivity contribution in [2.75, 3.05) is 25.1 Å². The summed E-state index contributed by atoms with van der Waals surface area (Å²) < 4.78 is 2.20. The van der Waals surface area contributed by atoms with Gasteiger partial charge in [0.25, 0.3) is 5.91 Å². The van der Waals surface area contributed by atoms with Crippen molar-refractivity contribution in [3.8, 4) is 0 Å².